The highest BCUT2D eigenvalue weighted by molar-refractivity contribution is 5.91. The van der Waals surface area contributed by atoms with E-state index in [1.54, 1.807) is 6.92 Å². The summed E-state index contributed by atoms with van der Waals surface area (Å²) < 4.78 is 0. The fourth-order valence-electron chi connectivity index (χ4n) is 5.85. The Balaban J connectivity index is 1.77. The van der Waals surface area contributed by atoms with Crippen molar-refractivity contribution in [3.63, 3.8) is 0 Å². The molecule has 1 aromatic rings. The highest BCUT2D eigenvalue weighted by Crippen LogP contribution is 2.39. The van der Waals surface area contributed by atoms with Gasteiger partial charge in [0, 0.05) is 5.56 Å². The normalized spacial score (nSPS) is 39.2. The summed E-state index contributed by atoms with van der Waals surface area (Å²) in [6, 6.07) is 0. The summed E-state index contributed by atoms with van der Waals surface area (Å²) in [5.41, 5.74) is 0.0919. The van der Waals surface area contributed by atoms with Crippen molar-refractivity contribution in [3.05, 3.63) is 32.1 Å². The van der Waals surface area contributed by atoms with Crippen LogP contribution in [0.5, 0.6) is 0 Å². The van der Waals surface area contributed by atoms with E-state index in [-0.39, 0.29) is 22.6 Å². The first-order valence-electron chi connectivity index (χ1n) is 9.37. The number of rotatable bonds is 4. The number of carbonyl (C=O) groups excluding carboxylic acids is 1. The second-order valence-corrected chi connectivity index (χ2v) is 8.68. The predicted molar refractivity (Wildman–Crippen MR) is 91.6 cm³/mol. The zero-order chi connectivity index (χ0) is 18.0. The lowest BCUT2D eigenvalue weighted by molar-refractivity contribution is -1.18. The number of carbonyl (C=O) groups is 1. The maximum atomic E-state index is 13.2. The number of hydrogen-bond acceptors (Lipinski definition) is 3. The second-order valence-electron chi connectivity index (χ2n) is 8.68. The standard InChI is InChI=1S/C18H26N4O3/c1-4-5-6-18-9-21-7-17(3,15(18)24)8-22(10-18)14(21)12-11(2)13(23)20-16(25)19-12/h14H,4-10H2,1-3H3,(H2,19,20,23,25)/p+2. The van der Waals surface area contributed by atoms with Crippen molar-refractivity contribution in [1.29, 1.82) is 0 Å². The Morgan fingerprint density at radius 1 is 1.08 bits per heavy atom. The van der Waals surface area contributed by atoms with Crippen LogP contribution in [-0.4, -0.2) is 41.9 Å². The number of Topliss-reactive ketones (excluding diaryl/α,β-unsaturated/α-hetero) is 1. The van der Waals surface area contributed by atoms with Gasteiger partial charge in [-0.25, -0.2) is 4.79 Å². The Labute approximate surface area is 146 Å². The molecule has 0 radical (unpaired) electrons. The van der Waals surface area contributed by atoms with Crippen LogP contribution in [0.4, 0.5) is 0 Å². The molecule has 7 heteroatoms. The van der Waals surface area contributed by atoms with Crippen LogP contribution >= 0.6 is 0 Å². The number of piperidine rings is 2. The molecule has 2 atom stereocenters. The SMILES string of the molecule is CCCCC12C[NH+]3CC(C)(C[NH+](C1)C3c1[nH]c(=O)[nH]c(=O)c1C)C2=O. The quantitative estimate of drug-likeness (QED) is 0.504. The first-order chi connectivity index (χ1) is 11.8. The molecule has 4 bridgehead atoms. The van der Waals surface area contributed by atoms with Gasteiger partial charge in [-0.3, -0.25) is 24.4 Å². The maximum absolute atomic E-state index is 13.2. The summed E-state index contributed by atoms with van der Waals surface area (Å²) in [6.07, 6.45) is 3.18. The van der Waals surface area contributed by atoms with E-state index in [2.05, 4.69) is 23.8 Å². The Morgan fingerprint density at radius 3 is 2.32 bits per heavy atom. The molecule has 2 unspecified atom stereocenters. The Kier molecular flexibility index (Phi) is 3.60. The minimum atomic E-state index is -0.441. The first-order valence-corrected chi connectivity index (χ1v) is 9.37. The molecule has 4 aliphatic rings. The van der Waals surface area contributed by atoms with Gasteiger partial charge in [0.1, 0.15) is 42.7 Å². The maximum Gasteiger partial charge on any atom is 0.326 e. The molecule has 7 nitrogen and oxygen atoms in total. The molecule has 0 aliphatic carbocycles. The van der Waals surface area contributed by atoms with Gasteiger partial charge in [0.25, 0.3) is 11.7 Å². The van der Waals surface area contributed by atoms with Crippen molar-refractivity contribution in [2.45, 2.75) is 46.2 Å². The van der Waals surface area contributed by atoms with E-state index in [9.17, 15) is 14.4 Å². The monoisotopic (exact) mass is 348 g/mol. The number of aromatic nitrogens is 2. The smallest absolute Gasteiger partial charge is 0.300 e. The van der Waals surface area contributed by atoms with Crippen molar-refractivity contribution in [3.8, 4) is 0 Å². The van der Waals surface area contributed by atoms with Crippen LogP contribution in [-0.2, 0) is 4.79 Å². The third-order valence-corrected chi connectivity index (χ3v) is 6.73. The number of unbranched alkanes of at least 4 members (excludes halogenated alkanes) is 1. The van der Waals surface area contributed by atoms with E-state index in [4.69, 9.17) is 0 Å². The van der Waals surface area contributed by atoms with E-state index in [1.807, 2.05) is 0 Å². The fourth-order valence-corrected chi connectivity index (χ4v) is 5.85. The van der Waals surface area contributed by atoms with E-state index in [0.29, 0.717) is 11.3 Å². The van der Waals surface area contributed by atoms with Gasteiger partial charge in [-0.15, -0.1) is 0 Å². The first kappa shape index (κ1) is 16.7. The van der Waals surface area contributed by atoms with Gasteiger partial charge < -0.3 is 4.98 Å². The van der Waals surface area contributed by atoms with Gasteiger partial charge in [-0.2, -0.15) is 0 Å². The Bertz CT molecular complexity index is 823. The predicted octanol–water partition coefficient (Wildman–Crippen LogP) is -2.07. The topological polar surface area (TPSA) is 91.7 Å². The van der Waals surface area contributed by atoms with Gasteiger partial charge >= 0.3 is 5.69 Å². The van der Waals surface area contributed by atoms with Crippen molar-refractivity contribution in [1.82, 2.24) is 9.97 Å². The molecule has 4 aliphatic heterocycles. The number of quaternary nitrogens is 2. The third-order valence-electron chi connectivity index (χ3n) is 6.73. The molecular formula is C18H28N4O3+2. The largest absolute Gasteiger partial charge is 0.326 e. The average Bonchev–Trinajstić information content (AvgIpc) is 2.53. The number of hydrogen-bond donors (Lipinski definition) is 4. The molecule has 0 spiro atoms. The zero-order valence-electron chi connectivity index (χ0n) is 15.3. The number of aromatic amines is 2. The molecule has 0 saturated carbocycles. The lowest BCUT2D eigenvalue weighted by Gasteiger charge is -2.59. The summed E-state index contributed by atoms with van der Waals surface area (Å²) in [6.45, 7) is 9.28. The van der Waals surface area contributed by atoms with Crippen molar-refractivity contribution < 1.29 is 14.6 Å². The average molecular weight is 348 g/mol. The van der Waals surface area contributed by atoms with Gasteiger partial charge in [0.05, 0.1) is 0 Å². The number of ketones is 1. The van der Waals surface area contributed by atoms with Gasteiger partial charge in [-0.05, 0) is 20.3 Å². The fraction of sp³-hybridized carbons (Fsp3) is 0.722. The van der Waals surface area contributed by atoms with Gasteiger partial charge in [0.2, 0.25) is 0 Å². The molecular weight excluding hydrogens is 320 g/mol. The molecule has 136 valence electrons. The Morgan fingerprint density at radius 2 is 1.72 bits per heavy atom. The summed E-state index contributed by atoms with van der Waals surface area (Å²) in [5, 5.41) is 0. The highest BCUT2D eigenvalue weighted by Gasteiger charge is 2.69. The Hall–Kier alpha value is -1.73. The van der Waals surface area contributed by atoms with Crippen LogP contribution in [0.15, 0.2) is 9.59 Å². The molecule has 25 heavy (non-hydrogen) atoms. The van der Waals surface area contributed by atoms with Crippen LogP contribution in [0.25, 0.3) is 0 Å². The number of H-pyrrole nitrogens is 2. The minimum absolute atomic E-state index is 0.0472. The molecule has 4 N–H and O–H groups in total. The minimum Gasteiger partial charge on any atom is -0.300 e. The van der Waals surface area contributed by atoms with E-state index >= 15 is 0 Å². The van der Waals surface area contributed by atoms with Crippen LogP contribution in [0.2, 0.25) is 0 Å². The summed E-state index contributed by atoms with van der Waals surface area (Å²) in [7, 11) is 0. The summed E-state index contributed by atoms with van der Waals surface area (Å²) in [4.78, 5) is 45.0. The molecule has 5 rings (SSSR count). The van der Waals surface area contributed by atoms with Crippen LogP contribution in [0, 0.1) is 17.8 Å². The van der Waals surface area contributed by atoms with E-state index in [0.717, 1.165) is 51.1 Å². The van der Waals surface area contributed by atoms with E-state index in [1.165, 1.54) is 9.80 Å². The van der Waals surface area contributed by atoms with E-state index < -0.39 is 5.69 Å². The van der Waals surface area contributed by atoms with Crippen molar-refractivity contribution in [2.75, 3.05) is 26.2 Å². The van der Waals surface area contributed by atoms with Crippen LogP contribution in [0.3, 0.4) is 0 Å². The molecule has 0 amide bonds. The zero-order valence-corrected chi connectivity index (χ0v) is 15.3. The number of nitrogens with one attached hydrogen (secondary N) is 4. The highest BCUT2D eigenvalue weighted by atomic mass is 16.2. The lowest BCUT2D eigenvalue weighted by atomic mass is 9.59. The van der Waals surface area contributed by atoms with Gasteiger partial charge in [-0.1, -0.05) is 19.8 Å². The summed E-state index contributed by atoms with van der Waals surface area (Å²) >= 11 is 0. The van der Waals surface area contributed by atoms with Crippen molar-refractivity contribution in [2.24, 2.45) is 10.8 Å². The van der Waals surface area contributed by atoms with Crippen LogP contribution < -0.4 is 21.0 Å². The molecule has 0 aromatic carbocycles. The molecule has 5 heterocycles. The second kappa shape index (κ2) is 5.38. The third kappa shape index (κ3) is 2.29. The molecule has 4 saturated heterocycles. The molecule has 4 fully saturated rings. The summed E-state index contributed by atoms with van der Waals surface area (Å²) in [5.74, 6) is 0.454. The lowest BCUT2D eigenvalue weighted by Crippen LogP contribution is -3.41. The van der Waals surface area contributed by atoms with Crippen LogP contribution in [0.1, 0.15) is 50.5 Å². The van der Waals surface area contributed by atoms with Gasteiger partial charge in [0.15, 0.2) is 5.78 Å². The van der Waals surface area contributed by atoms with Crippen molar-refractivity contribution >= 4 is 5.78 Å². The molecule has 1 aromatic heterocycles.